The molecule has 3 fully saturated rings. The van der Waals surface area contributed by atoms with Gasteiger partial charge in [-0.3, -0.25) is 0 Å². The number of rotatable bonds is 2. The van der Waals surface area contributed by atoms with Crippen molar-refractivity contribution in [3.8, 4) is 0 Å². The molecule has 2 bridgehead atoms. The van der Waals surface area contributed by atoms with Crippen molar-refractivity contribution in [1.82, 2.24) is 0 Å². The topological polar surface area (TPSA) is 9.23 Å². The van der Waals surface area contributed by atoms with Crippen LogP contribution in [0, 0.1) is 5.92 Å². The van der Waals surface area contributed by atoms with Crippen LogP contribution in [0.15, 0.2) is 12.7 Å². The Balaban J connectivity index is 1.86. The minimum atomic E-state index is 0.239. The molecule has 1 nitrogen and oxygen atoms in total. The first-order valence-electron chi connectivity index (χ1n) is 5.10. The minimum absolute atomic E-state index is 0.239. The second-order valence-corrected chi connectivity index (χ2v) is 4.80. The van der Waals surface area contributed by atoms with Crippen molar-refractivity contribution in [2.24, 2.45) is 5.92 Å². The highest BCUT2D eigenvalue weighted by atomic mass is 16.5. The van der Waals surface area contributed by atoms with Crippen LogP contribution in [0.25, 0.3) is 0 Å². The molecule has 0 N–H and O–H groups in total. The van der Waals surface area contributed by atoms with E-state index in [2.05, 4.69) is 6.58 Å². The van der Waals surface area contributed by atoms with E-state index in [1.165, 1.54) is 32.1 Å². The Morgan fingerprint density at radius 1 is 1.42 bits per heavy atom. The molecular weight excluding hydrogens is 148 g/mol. The van der Waals surface area contributed by atoms with E-state index >= 15 is 0 Å². The molecule has 0 aromatic heterocycles. The maximum Gasteiger partial charge on any atom is 0.0728 e. The summed E-state index contributed by atoms with van der Waals surface area (Å²) in [4.78, 5) is 0. The Kier molecular flexibility index (Phi) is 1.16. The van der Waals surface area contributed by atoms with Gasteiger partial charge in [-0.1, -0.05) is 6.08 Å². The predicted octanol–water partition coefficient (Wildman–Crippen LogP) is 2.66. The van der Waals surface area contributed by atoms with E-state index in [9.17, 15) is 0 Å². The van der Waals surface area contributed by atoms with E-state index in [1.54, 1.807) is 0 Å². The zero-order valence-corrected chi connectivity index (χ0v) is 7.51. The summed E-state index contributed by atoms with van der Waals surface area (Å²) in [6, 6.07) is 0. The van der Waals surface area contributed by atoms with Crippen LogP contribution in [0.2, 0.25) is 0 Å². The first-order chi connectivity index (χ1) is 5.79. The molecule has 66 valence electrons. The molecule has 0 aromatic rings. The average Bonchev–Trinajstić information content (AvgIpc) is 2.56. The third kappa shape index (κ3) is 0.731. The van der Waals surface area contributed by atoms with E-state index in [-0.39, 0.29) is 5.60 Å². The summed E-state index contributed by atoms with van der Waals surface area (Å²) < 4.78 is 6.22. The van der Waals surface area contributed by atoms with Crippen LogP contribution in [0.4, 0.5) is 0 Å². The Hall–Kier alpha value is -0.300. The quantitative estimate of drug-likeness (QED) is 0.570. The average molecular weight is 164 g/mol. The van der Waals surface area contributed by atoms with Crippen LogP contribution >= 0.6 is 0 Å². The van der Waals surface area contributed by atoms with Gasteiger partial charge in [-0.05, 0) is 44.4 Å². The largest absolute Gasteiger partial charge is 0.368 e. The molecule has 0 unspecified atom stereocenters. The number of hydrogen-bond acceptors (Lipinski definition) is 1. The monoisotopic (exact) mass is 164 g/mol. The van der Waals surface area contributed by atoms with Gasteiger partial charge in [0.05, 0.1) is 11.2 Å². The van der Waals surface area contributed by atoms with Crippen molar-refractivity contribution < 1.29 is 4.74 Å². The summed E-state index contributed by atoms with van der Waals surface area (Å²) in [5.74, 6) is 0.917. The Morgan fingerprint density at radius 2 is 2.33 bits per heavy atom. The molecule has 3 atom stereocenters. The lowest BCUT2D eigenvalue weighted by molar-refractivity contribution is -0.109. The van der Waals surface area contributed by atoms with Gasteiger partial charge in [-0.15, -0.1) is 6.58 Å². The highest BCUT2D eigenvalue weighted by molar-refractivity contribution is 5.18. The van der Waals surface area contributed by atoms with E-state index < -0.39 is 0 Å². The normalized spacial score (nSPS) is 54.8. The van der Waals surface area contributed by atoms with Crippen molar-refractivity contribution >= 4 is 0 Å². The molecule has 0 aromatic carbocycles. The summed E-state index contributed by atoms with van der Waals surface area (Å²) in [6.45, 7) is 3.82. The van der Waals surface area contributed by atoms with Gasteiger partial charge in [0.1, 0.15) is 0 Å². The van der Waals surface area contributed by atoms with Crippen molar-refractivity contribution in [1.29, 1.82) is 0 Å². The molecule has 0 amide bonds. The SMILES string of the molecule is C=CC[C@@]12CCC[C@]3(C[C@@H]3C1)O2. The van der Waals surface area contributed by atoms with Gasteiger partial charge in [0.25, 0.3) is 0 Å². The van der Waals surface area contributed by atoms with Gasteiger partial charge in [-0.25, -0.2) is 0 Å². The standard InChI is InChI=1S/C11H16O/c1-2-4-10-5-3-6-11(12-10)8-9(11)7-10/h2,9H,1,3-8H2/t9-,10+,11+/m0/s1. The maximum atomic E-state index is 6.22. The van der Waals surface area contributed by atoms with E-state index in [1.807, 2.05) is 6.08 Å². The predicted molar refractivity (Wildman–Crippen MR) is 47.9 cm³/mol. The Bertz CT molecular complexity index is 235. The first kappa shape index (κ1) is 7.14. The van der Waals surface area contributed by atoms with Crippen LogP contribution in [0.3, 0.4) is 0 Å². The molecule has 2 heterocycles. The minimum Gasteiger partial charge on any atom is -0.368 e. The zero-order valence-electron chi connectivity index (χ0n) is 7.51. The van der Waals surface area contributed by atoms with E-state index in [4.69, 9.17) is 4.74 Å². The summed E-state index contributed by atoms with van der Waals surface area (Å²) in [6.07, 6.45) is 9.76. The van der Waals surface area contributed by atoms with Crippen LogP contribution in [-0.2, 0) is 4.74 Å². The lowest BCUT2D eigenvalue weighted by Crippen LogP contribution is -2.36. The molecule has 3 rings (SSSR count). The van der Waals surface area contributed by atoms with E-state index in [0.29, 0.717) is 5.60 Å². The molecular formula is C11H16O. The molecule has 1 heteroatoms. The Labute approximate surface area is 73.8 Å². The van der Waals surface area contributed by atoms with Crippen molar-refractivity contribution in [2.45, 2.75) is 49.7 Å². The van der Waals surface area contributed by atoms with Crippen LogP contribution in [0.1, 0.15) is 38.5 Å². The van der Waals surface area contributed by atoms with Crippen LogP contribution in [0.5, 0.6) is 0 Å². The first-order valence-corrected chi connectivity index (χ1v) is 5.10. The molecule has 1 aliphatic carbocycles. The molecule has 2 aliphatic heterocycles. The lowest BCUT2D eigenvalue weighted by Gasteiger charge is -2.36. The maximum absolute atomic E-state index is 6.22. The van der Waals surface area contributed by atoms with Gasteiger partial charge in [-0.2, -0.15) is 0 Å². The van der Waals surface area contributed by atoms with Crippen molar-refractivity contribution in [2.75, 3.05) is 0 Å². The molecule has 1 spiro atoms. The summed E-state index contributed by atoms with van der Waals surface area (Å²) in [5, 5.41) is 0. The van der Waals surface area contributed by atoms with Gasteiger partial charge < -0.3 is 4.74 Å². The second-order valence-electron chi connectivity index (χ2n) is 4.80. The number of ether oxygens (including phenoxy) is 1. The highest BCUT2D eigenvalue weighted by Gasteiger charge is 2.67. The zero-order chi connectivity index (χ0) is 8.23. The highest BCUT2D eigenvalue weighted by Crippen LogP contribution is 2.66. The fourth-order valence-corrected chi connectivity index (χ4v) is 3.37. The van der Waals surface area contributed by atoms with Crippen LogP contribution < -0.4 is 0 Å². The number of hydrogen-bond donors (Lipinski definition) is 0. The third-order valence-electron chi connectivity index (χ3n) is 3.96. The van der Waals surface area contributed by atoms with Gasteiger partial charge in [0, 0.05) is 0 Å². The summed E-state index contributed by atoms with van der Waals surface area (Å²) in [7, 11) is 0. The van der Waals surface area contributed by atoms with E-state index in [0.717, 1.165) is 12.3 Å². The fourth-order valence-electron chi connectivity index (χ4n) is 3.37. The lowest BCUT2D eigenvalue weighted by atomic mass is 9.88. The van der Waals surface area contributed by atoms with Gasteiger partial charge >= 0.3 is 0 Å². The summed E-state index contributed by atoms with van der Waals surface area (Å²) in [5.41, 5.74) is 0.615. The smallest absolute Gasteiger partial charge is 0.0728 e. The molecule has 0 radical (unpaired) electrons. The third-order valence-corrected chi connectivity index (χ3v) is 3.96. The molecule has 12 heavy (non-hydrogen) atoms. The van der Waals surface area contributed by atoms with Crippen molar-refractivity contribution in [3.05, 3.63) is 12.7 Å². The fraction of sp³-hybridized carbons (Fsp3) is 0.818. The molecule has 3 aliphatic rings. The second kappa shape index (κ2) is 1.95. The Morgan fingerprint density at radius 3 is 3.17 bits per heavy atom. The molecule has 2 saturated heterocycles. The number of fused-ring (bicyclic) bond motifs is 1. The van der Waals surface area contributed by atoms with Crippen molar-refractivity contribution in [3.63, 3.8) is 0 Å². The van der Waals surface area contributed by atoms with Crippen LogP contribution in [-0.4, -0.2) is 11.2 Å². The molecule has 1 saturated carbocycles. The van der Waals surface area contributed by atoms with Gasteiger partial charge in [0.2, 0.25) is 0 Å². The summed E-state index contributed by atoms with van der Waals surface area (Å²) >= 11 is 0. The van der Waals surface area contributed by atoms with Gasteiger partial charge in [0.15, 0.2) is 0 Å².